The maximum Gasteiger partial charge on any atom is 0.0843 e. The second kappa shape index (κ2) is 7.32. The van der Waals surface area contributed by atoms with Crippen LogP contribution in [0.3, 0.4) is 0 Å². The zero-order valence-electron chi connectivity index (χ0n) is 10.0. The van der Waals surface area contributed by atoms with Crippen molar-refractivity contribution in [2.45, 2.75) is 32.2 Å². The van der Waals surface area contributed by atoms with E-state index in [9.17, 15) is 0 Å². The van der Waals surface area contributed by atoms with Gasteiger partial charge in [-0.1, -0.05) is 5.21 Å². The van der Waals surface area contributed by atoms with Crippen molar-refractivity contribution in [1.29, 1.82) is 0 Å². The Labute approximate surface area is 96.1 Å². The number of nitrogens with two attached hydrogens (primary N) is 1. The average Bonchev–Trinajstić information content (AvgIpc) is 2.68. The highest BCUT2D eigenvalue weighted by Crippen LogP contribution is 2.04. The molecule has 0 aliphatic carbocycles. The van der Waals surface area contributed by atoms with Crippen LogP contribution in [0.2, 0.25) is 0 Å². The SMILES string of the molecule is CCOCCCC(Cc1cn(C)nn1)NN. The molecule has 0 radical (unpaired) electrons. The van der Waals surface area contributed by atoms with E-state index in [-0.39, 0.29) is 6.04 Å². The van der Waals surface area contributed by atoms with Gasteiger partial charge in [-0.3, -0.25) is 16.0 Å². The van der Waals surface area contributed by atoms with Gasteiger partial charge in [0.1, 0.15) is 0 Å². The maximum absolute atomic E-state index is 5.50. The summed E-state index contributed by atoms with van der Waals surface area (Å²) in [6.45, 7) is 3.55. The number of aryl methyl sites for hydroxylation is 1. The molecule has 16 heavy (non-hydrogen) atoms. The molecule has 1 heterocycles. The molecule has 0 aliphatic rings. The van der Waals surface area contributed by atoms with E-state index >= 15 is 0 Å². The van der Waals surface area contributed by atoms with Crippen molar-refractivity contribution in [3.05, 3.63) is 11.9 Å². The third kappa shape index (κ3) is 4.69. The Bertz CT molecular complexity index is 288. The number of hydrogen-bond donors (Lipinski definition) is 2. The fourth-order valence-electron chi connectivity index (χ4n) is 1.56. The summed E-state index contributed by atoms with van der Waals surface area (Å²) in [7, 11) is 1.86. The molecule has 0 fully saturated rings. The number of ether oxygens (including phenoxy) is 1. The summed E-state index contributed by atoms with van der Waals surface area (Å²) >= 11 is 0. The molecular weight excluding hydrogens is 206 g/mol. The third-order valence-electron chi connectivity index (χ3n) is 2.39. The Kier molecular flexibility index (Phi) is 5.99. The Morgan fingerprint density at radius 2 is 2.44 bits per heavy atom. The van der Waals surface area contributed by atoms with E-state index in [0.29, 0.717) is 0 Å². The number of rotatable bonds is 8. The van der Waals surface area contributed by atoms with Crippen LogP contribution in [0.15, 0.2) is 6.20 Å². The van der Waals surface area contributed by atoms with Crippen LogP contribution < -0.4 is 11.3 Å². The van der Waals surface area contributed by atoms with Gasteiger partial charge in [-0.2, -0.15) is 0 Å². The van der Waals surface area contributed by atoms with Gasteiger partial charge in [-0.05, 0) is 19.8 Å². The monoisotopic (exact) mass is 227 g/mol. The summed E-state index contributed by atoms with van der Waals surface area (Å²) in [6, 6.07) is 0.233. The first-order valence-electron chi connectivity index (χ1n) is 5.65. The smallest absolute Gasteiger partial charge is 0.0843 e. The van der Waals surface area contributed by atoms with Gasteiger partial charge >= 0.3 is 0 Å². The lowest BCUT2D eigenvalue weighted by Gasteiger charge is -2.13. The highest BCUT2D eigenvalue weighted by atomic mass is 16.5. The van der Waals surface area contributed by atoms with E-state index in [0.717, 1.165) is 38.2 Å². The molecule has 1 aromatic rings. The molecule has 0 saturated heterocycles. The van der Waals surface area contributed by atoms with Crippen molar-refractivity contribution < 1.29 is 4.74 Å². The summed E-state index contributed by atoms with van der Waals surface area (Å²) in [5.41, 5.74) is 3.76. The maximum atomic E-state index is 5.50. The molecule has 0 aromatic carbocycles. The Morgan fingerprint density at radius 1 is 1.62 bits per heavy atom. The molecule has 92 valence electrons. The van der Waals surface area contributed by atoms with Gasteiger partial charge in [0.2, 0.25) is 0 Å². The molecule has 1 unspecified atom stereocenters. The standard InChI is InChI=1S/C10H21N5O/c1-3-16-6-4-5-9(12-11)7-10-8-15(2)14-13-10/h8-9,12H,3-7,11H2,1-2H3. The van der Waals surface area contributed by atoms with Crippen LogP contribution in [0, 0.1) is 0 Å². The van der Waals surface area contributed by atoms with Gasteiger partial charge in [0.15, 0.2) is 0 Å². The quantitative estimate of drug-likeness (QED) is 0.371. The normalized spacial score (nSPS) is 12.9. The lowest BCUT2D eigenvalue weighted by molar-refractivity contribution is 0.140. The highest BCUT2D eigenvalue weighted by Gasteiger charge is 2.09. The summed E-state index contributed by atoms with van der Waals surface area (Å²) in [5, 5.41) is 7.92. The molecule has 0 bridgehead atoms. The van der Waals surface area contributed by atoms with Crippen molar-refractivity contribution in [2.24, 2.45) is 12.9 Å². The Morgan fingerprint density at radius 3 is 3.00 bits per heavy atom. The minimum atomic E-state index is 0.233. The fraction of sp³-hybridized carbons (Fsp3) is 0.800. The third-order valence-corrected chi connectivity index (χ3v) is 2.39. The second-order valence-corrected chi connectivity index (χ2v) is 3.79. The van der Waals surface area contributed by atoms with Gasteiger partial charge in [0.05, 0.1) is 5.69 Å². The zero-order valence-corrected chi connectivity index (χ0v) is 10.0. The molecule has 0 saturated carbocycles. The summed E-state index contributed by atoms with van der Waals surface area (Å²) in [4.78, 5) is 0. The van der Waals surface area contributed by atoms with Crippen molar-refractivity contribution >= 4 is 0 Å². The summed E-state index contributed by atoms with van der Waals surface area (Å²) in [5.74, 6) is 5.50. The Balaban J connectivity index is 2.26. The van der Waals surface area contributed by atoms with E-state index in [2.05, 4.69) is 15.7 Å². The van der Waals surface area contributed by atoms with Crippen molar-refractivity contribution in [3.63, 3.8) is 0 Å². The van der Waals surface area contributed by atoms with Crippen LogP contribution in [-0.4, -0.2) is 34.2 Å². The van der Waals surface area contributed by atoms with Crippen molar-refractivity contribution in [2.75, 3.05) is 13.2 Å². The topological polar surface area (TPSA) is 78.0 Å². The molecule has 0 spiro atoms. The molecular formula is C10H21N5O. The van der Waals surface area contributed by atoms with Gasteiger partial charge in [-0.25, -0.2) is 0 Å². The first kappa shape index (κ1) is 13.1. The van der Waals surface area contributed by atoms with E-state index in [4.69, 9.17) is 10.6 Å². The largest absolute Gasteiger partial charge is 0.382 e. The van der Waals surface area contributed by atoms with Gasteiger partial charge in [0, 0.05) is 38.9 Å². The molecule has 3 N–H and O–H groups in total. The van der Waals surface area contributed by atoms with E-state index < -0.39 is 0 Å². The molecule has 1 rings (SSSR count). The summed E-state index contributed by atoms with van der Waals surface area (Å²) < 4.78 is 6.98. The minimum Gasteiger partial charge on any atom is -0.382 e. The first-order valence-corrected chi connectivity index (χ1v) is 5.65. The predicted octanol–water partition coefficient (Wildman–Crippen LogP) is 0.00620. The minimum absolute atomic E-state index is 0.233. The molecule has 6 heteroatoms. The van der Waals surface area contributed by atoms with E-state index in [1.807, 2.05) is 20.2 Å². The van der Waals surface area contributed by atoms with Crippen molar-refractivity contribution in [3.8, 4) is 0 Å². The average molecular weight is 227 g/mol. The van der Waals surface area contributed by atoms with Crippen LogP contribution in [0.25, 0.3) is 0 Å². The summed E-state index contributed by atoms with van der Waals surface area (Å²) in [6.07, 6.45) is 4.69. The van der Waals surface area contributed by atoms with E-state index in [1.165, 1.54) is 0 Å². The fourth-order valence-corrected chi connectivity index (χ4v) is 1.56. The molecule has 1 aromatic heterocycles. The number of hydrogen-bond acceptors (Lipinski definition) is 5. The molecule has 0 aliphatic heterocycles. The van der Waals surface area contributed by atoms with Crippen LogP contribution in [-0.2, 0) is 18.2 Å². The molecule has 1 atom stereocenters. The van der Waals surface area contributed by atoms with Gasteiger partial charge in [-0.15, -0.1) is 5.10 Å². The zero-order chi connectivity index (χ0) is 11.8. The lowest BCUT2D eigenvalue weighted by Crippen LogP contribution is -2.37. The predicted molar refractivity (Wildman–Crippen MR) is 61.5 cm³/mol. The first-order chi connectivity index (χ1) is 7.76. The van der Waals surface area contributed by atoms with Gasteiger partial charge < -0.3 is 4.74 Å². The lowest BCUT2D eigenvalue weighted by atomic mass is 10.1. The van der Waals surface area contributed by atoms with Crippen LogP contribution in [0.1, 0.15) is 25.5 Å². The molecule has 6 nitrogen and oxygen atoms in total. The Hall–Kier alpha value is -0.980. The second-order valence-electron chi connectivity index (χ2n) is 3.79. The van der Waals surface area contributed by atoms with Crippen LogP contribution in [0.4, 0.5) is 0 Å². The van der Waals surface area contributed by atoms with Crippen LogP contribution >= 0.6 is 0 Å². The van der Waals surface area contributed by atoms with E-state index in [1.54, 1.807) is 4.68 Å². The number of nitrogens with zero attached hydrogens (tertiary/aromatic N) is 3. The molecule has 0 amide bonds. The highest BCUT2D eigenvalue weighted by molar-refractivity contribution is 4.95. The van der Waals surface area contributed by atoms with Crippen molar-refractivity contribution in [1.82, 2.24) is 20.4 Å². The number of hydrazine groups is 1. The number of aromatic nitrogens is 3. The van der Waals surface area contributed by atoms with Crippen LogP contribution in [0.5, 0.6) is 0 Å². The van der Waals surface area contributed by atoms with Gasteiger partial charge in [0.25, 0.3) is 0 Å². The number of nitrogens with one attached hydrogen (secondary N) is 1.